The molecule has 0 saturated heterocycles. The minimum absolute atomic E-state index is 0.0991. The third kappa shape index (κ3) is 6.94. The number of carboxylic acid groups (broad SMARTS) is 1. The van der Waals surface area contributed by atoms with Crippen LogP contribution in [-0.4, -0.2) is 77.2 Å². The molecule has 0 spiro atoms. The summed E-state index contributed by atoms with van der Waals surface area (Å²) in [6.07, 6.45) is 1.20. The predicted octanol–water partition coefficient (Wildman–Crippen LogP) is 4.10. The molecule has 40 heavy (non-hydrogen) atoms. The van der Waals surface area contributed by atoms with E-state index >= 15 is 0 Å². The Labute approximate surface area is 237 Å². The standard InChI is InChI=1S/C31H42N2O7/c1-8-40-30(37)24(15-14-21-12-10-9-11-13-21)33(31(3,4)5)20(2)28(34)32-19-23-18-27(39-7)26(38-6)17-22(23)16-25(32)29(35)36/h9-13,17-18,20,24-25H,8,14-16,19H2,1-7H3,(H,35,36). The number of nitrogens with zero attached hydrogens (tertiary/aromatic N) is 2. The lowest BCUT2D eigenvalue weighted by molar-refractivity contribution is -0.161. The lowest BCUT2D eigenvalue weighted by atomic mass is 9.91. The van der Waals surface area contributed by atoms with E-state index in [-0.39, 0.29) is 25.5 Å². The van der Waals surface area contributed by atoms with E-state index in [2.05, 4.69) is 0 Å². The van der Waals surface area contributed by atoms with Crippen molar-refractivity contribution in [2.45, 2.75) is 84.1 Å². The van der Waals surface area contributed by atoms with Crippen molar-refractivity contribution in [3.63, 3.8) is 0 Å². The van der Waals surface area contributed by atoms with Crippen molar-refractivity contribution in [3.05, 3.63) is 59.2 Å². The molecule has 1 aliphatic heterocycles. The largest absolute Gasteiger partial charge is 0.493 e. The molecule has 0 radical (unpaired) electrons. The summed E-state index contributed by atoms with van der Waals surface area (Å²) < 4.78 is 16.3. The number of amides is 1. The molecule has 2 aromatic rings. The molecule has 1 amide bonds. The summed E-state index contributed by atoms with van der Waals surface area (Å²) in [6.45, 7) is 9.66. The Balaban J connectivity index is 1.98. The minimum atomic E-state index is -1.09. The van der Waals surface area contributed by atoms with Crippen LogP contribution in [0.2, 0.25) is 0 Å². The number of carbonyl (C=O) groups excluding carboxylic acids is 2. The van der Waals surface area contributed by atoms with Gasteiger partial charge in [0.25, 0.3) is 0 Å². The molecule has 2 aromatic carbocycles. The first-order valence-corrected chi connectivity index (χ1v) is 13.7. The van der Waals surface area contributed by atoms with Crippen LogP contribution in [0.3, 0.4) is 0 Å². The summed E-state index contributed by atoms with van der Waals surface area (Å²) in [4.78, 5) is 43.1. The molecule has 1 N–H and O–H groups in total. The number of fused-ring (bicyclic) bond motifs is 1. The second-order valence-corrected chi connectivity index (χ2v) is 11.0. The first kappa shape index (κ1) is 30.9. The highest BCUT2D eigenvalue weighted by molar-refractivity contribution is 5.88. The highest BCUT2D eigenvalue weighted by Crippen LogP contribution is 2.36. The van der Waals surface area contributed by atoms with Crippen molar-refractivity contribution in [1.82, 2.24) is 9.80 Å². The third-order valence-electron chi connectivity index (χ3n) is 7.40. The molecule has 9 heteroatoms. The van der Waals surface area contributed by atoms with Crippen molar-refractivity contribution in [1.29, 1.82) is 0 Å². The number of ether oxygens (including phenoxy) is 3. The van der Waals surface area contributed by atoms with E-state index in [1.807, 2.05) is 56.0 Å². The molecule has 9 nitrogen and oxygen atoms in total. The molecular formula is C31H42N2O7. The Morgan fingerprint density at radius 1 is 1.05 bits per heavy atom. The van der Waals surface area contributed by atoms with Gasteiger partial charge in [0, 0.05) is 18.5 Å². The highest BCUT2D eigenvalue weighted by atomic mass is 16.5. The van der Waals surface area contributed by atoms with Gasteiger partial charge in [-0.2, -0.15) is 0 Å². The molecule has 0 aromatic heterocycles. The average Bonchev–Trinajstić information content (AvgIpc) is 2.92. The normalized spacial score (nSPS) is 16.6. The number of hydrogen-bond donors (Lipinski definition) is 1. The molecular weight excluding hydrogens is 512 g/mol. The maximum atomic E-state index is 14.2. The molecule has 0 saturated carbocycles. The number of carboxylic acids is 1. The Hall–Kier alpha value is -3.59. The number of rotatable bonds is 11. The topological polar surface area (TPSA) is 106 Å². The summed E-state index contributed by atoms with van der Waals surface area (Å²) in [6, 6.07) is 10.9. The number of esters is 1. The molecule has 1 aliphatic rings. The van der Waals surface area contributed by atoms with E-state index in [9.17, 15) is 19.5 Å². The Bertz CT molecular complexity index is 1190. The van der Waals surface area contributed by atoms with Gasteiger partial charge in [0.1, 0.15) is 12.1 Å². The smallest absolute Gasteiger partial charge is 0.326 e. The number of hydrogen-bond acceptors (Lipinski definition) is 7. The average molecular weight is 555 g/mol. The van der Waals surface area contributed by atoms with Crippen LogP contribution >= 0.6 is 0 Å². The van der Waals surface area contributed by atoms with Crippen LogP contribution in [0.1, 0.15) is 57.7 Å². The lowest BCUT2D eigenvalue weighted by Crippen LogP contribution is -2.62. The zero-order chi connectivity index (χ0) is 29.6. The van der Waals surface area contributed by atoms with Crippen LogP contribution in [-0.2, 0) is 38.5 Å². The fraction of sp³-hybridized carbons (Fsp3) is 0.516. The molecule has 3 rings (SSSR count). The quantitative estimate of drug-likeness (QED) is 0.414. The molecule has 0 bridgehead atoms. The maximum Gasteiger partial charge on any atom is 0.326 e. The van der Waals surface area contributed by atoms with Gasteiger partial charge in [0.15, 0.2) is 11.5 Å². The molecule has 0 aliphatic carbocycles. The number of methoxy groups -OCH3 is 2. The van der Waals surface area contributed by atoms with Gasteiger partial charge >= 0.3 is 11.9 Å². The van der Waals surface area contributed by atoms with Gasteiger partial charge in [-0.15, -0.1) is 0 Å². The van der Waals surface area contributed by atoms with Gasteiger partial charge in [0.05, 0.1) is 26.9 Å². The predicted molar refractivity (Wildman–Crippen MR) is 151 cm³/mol. The zero-order valence-corrected chi connectivity index (χ0v) is 24.6. The van der Waals surface area contributed by atoms with Crippen molar-refractivity contribution >= 4 is 17.8 Å². The second kappa shape index (κ2) is 13.2. The second-order valence-electron chi connectivity index (χ2n) is 11.0. The summed E-state index contributed by atoms with van der Waals surface area (Å²) in [5, 5.41) is 10.1. The van der Waals surface area contributed by atoms with E-state index in [4.69, 9.17) is 14.2 Å². The number of aliphatic carboxylic acids is 1. The van der Waals surface area contributed by atoms with Gasteiger partial charge in [-0.05, 0) is 76.3 Å². The monoisotopic (exact) mass is 554 g/mol. The lowest BCUT2D eigenvalue weighted by Gasteiger charge is -2.46. The molecule has 3 atom stereocenters. The maximum absolute atomic E-state index is 14.2. The van der Waals surface area contributed by atoms with Gasteiger partial charge in [-0.3, -0.25) is 14.5 Å². The first-order chi connectivity index (χ1) is 18.9. The summed E-state index contributed by atoms with van der Waals surface area (Å²) in [7, 11) is 3.06. The van der Waals surface area contributed by atoms with Gasteiger partial charge in [-0.1, -0.05) is 30.3 Å². The minimum Gasteiger partial charge on any atom is -0.493 e. The third-order valence-corrected chi connectivity index (χ3v) is 7.40. The van der Waals surface area contributed by atoms with Crippen molar-refractivity contribution < 1.29 is 33.7 Å². The molecule has 0 fully saturated rings. The molecule has 3 unspecified atom stereocenters. The van der Waals surface area contributed by atoms with E-state index < -0.39 is 35.6 Å². The summed E-state index contributed by atoms with van der Waals surface area (Å²) >= 11 is 0. The van der Waals surface area contributed by atoms with E-state index in [1.54, 1.807) is 26.0 Å². The number of aryl methyl sites for hydroxylation is 1. The van der Waals surface area contributed by atoms with E-state index in [0.717, 1.165) is 16.7 Å². The van der Waals surface area contributed by atoms with Gasteiger partial charge in [0.2, 0.25) is 5.91 Å². The summed E-state index contributed by atoms with van der Waals surface area (Å²) in [5.74, 6) is -0.835. The zero-order valence-electron chi connectivity index (χ0n) is 24.6. The summed E-state index contributed by atoms with van der Waals surface area (Å²) in [5.41, 5.74) is 2.06. The SMILES string of the molecule is CCOC(=O)C(CCc1ccccc1)N(C(C)C(=O)N1Cc2cc(OC)c(OC)cc2CC1C(=O)O)C(C)(C)C. The van der Waals surface area contributed by atoms with Gasteiger partial charge < -0.3 is 24.2 Å². The van der Waals surface area contributed by atoms with Crippen LogP contribution < -0.4 is 9.47 Å². The first-order valence-electron chi connectivity index (χ1n) is 13.7. The fourth-order valence-electron chi connectivity index (χ4n) is 5.60. The molecule has 1 heterocycles. The van der Waals surface area contributed by atoms with Crippen LogP contribution in [0.4, 0.5) is 0 Å². The van der Waals surface area contributed by atoms with E-state index in [1.165, 1.54) is 19.1 Å². The Kier molecular flexibility index (Phi) is 10.2. The Morgan fingerprint density at radius 2 is 1.65 bits per heavy atom. The molecule has 218 valence electrons. The highest BCUT2D eigenvalue weighted by Gasteiger charge is 2.44. The van der Waals surface area contributed by atoms with Crippen LogP contribution in [0.15, 0.2) is 42.5 Å². The van der Waals surface area contributed by atoms with Crippen LogP contribution in [0.5, 0.6) is 11.5 Å². The van der Waals surface area contributed by atoms with Crippen molar-refractivity contribution in [3.8, 4) is 11.5 Å². The van der Waals surface area contributed by atoms with Crippen LogP contribution in [0.25, 0.3) is 0 Å². The number of carbonyl (C=O) groups is 3. The Morgan fingerprint density at radius 3 is 2.17 bits per heavy atom. The van der Waals surface area contributed by atoms with Crippen molar-refractivity contribution in [2.24, 2.45) is 0 Å². The van der Waals surface area contributed by atoms with E-state index in [0.29, 0.717) is 24.3 Å². The number of benzene rings is 2. The van der Waals surface area contributed by atoms with Crippen LogP contribution in [0, 0.1) is 0 Å². The van der Waals surface area contributed by atoms with Gasteiger partial charge in [-0.25, -0.2) is 4.79 Å². The fourth-order valence-corrected chi connectivity index (χ4v) is 5.60. The van der Waals surface area contributed by atoms with Crippen molar-refractivity contribution in [2.75, 3.05) is 20.8 Å².